The first-order chi connectivity index (χ1) is 13.3. The summed E-state index contributed by atoms with van der Waals surface area (Å²) >= 11 is 9.10. The van der Waals surface area contributed by atoms with E-state index in [9.17, 15) is 13.2 Å². The molecule has 2 aromatic carbocycles. The maximum absolute atomic E-state index is 12.8. The van der Waals surface area contributed by atoms with Gasteiger partial charge in [0.2, 0.25) is 0 Å². The van der Waals surface area contributed by atoms with Crippen LogP contribution in [-0.2, 0) is 10.0 Å². The summed E-state index contributed by atoms with van der Waals surface area (Å²) in [7, 11) is -2.59. The van der Waals surface area contributed by atoms with Gasteiger partial charge in [-0.05, 0) is 48.5 Å². The molecule has 146 valence electrons. The smallest absolute Gasteiger partial charge is 0.272 e. The number of hydrogen-bond donors (Lipinski definition) is 3. The molecule has 0 fully saturated rings. The number of carbonyl (C=O) groups is 1. The van der Waals surface area contributed by atoms with E-state index >= 15 is 0 Å². The fourth-order valence-corrected chi connectivity index (χ4v) is 4.07. The van der Waals surface area contributed by atoms with Crippen LogP contribution in [-0.4, -0.2) is 26.4 Å². The lowest BCUT2D eigenvalue weighted by Crippen LogP contribution is -2.16. The second-order valence-corrected chi connectivity index (χ2v) is 8.67. The van der Waals surface area contributed by atoms with Gasteiger partial charge in [0, 0.05) is 22.0 Å². The molecule has 10 heteroatoms. The van der Waals surface area contributed by atoms with Crippen molar-refractivity contribution in [1.29, 1.82) is 0 Å². The highest BCUT2D eigenvalue weighted by atomic mass is 79.9. The fraction of sp³-hybridized carbons (Fsp3) is 0.0556. The summed E-state index contributed by atoms with van der Waals surface area (Å²) in [5.74, 6) is -0.313. The number of anilines is 2. The predicted molar refractivity (Wildman–Crippen MR) is 112 cm³/mol. The van der Waals surface area contributed by atoms with Gasteiger partial charge >= 0.3 is 0 Å². The van der Waals surface area contributed by atoms with Gasteiger partial charge in [-0.1, -0.05) is 27.5 Å². The molecule has 0 unspecified atom stereocenters. The Hall–Kier alpha value is -2.49. The van der Waals surface area contributed by atoms with Crippen LogP contribution >= 0.6 is 27.5 Å². The van der Waals surface area contributed by atoms with E-state index in [1.807, 2.05) is 0 Å². The zero-order valence-electron chi connectivity index (χ0n) is 14.5. The molecule has 0 saturated heterocycles. The van der Waals surface area contributed by atoms with Crippen molar-refractivity contribution in [3.05, 3.63) is 69.9 Å². The molecule has 3 rings (SSSR count). The van der Waals surface area contributed by atoms with Crippen LogP contribution < -0.4 is 14.8 Å². The van der Waals surface area contributed by atoms with Crippen molar-refractivity contribution in [2.45, 2.75) is 4.90 Å². The Morgan fingerprint density at radius 1 is 1.11 bits per heavy atom. The van der Waals surface area contributed by atoms with Crippen LogP contribution in [0.25, 0.3) is 0 Å². The van der Waals surface area contributed by atoms with Crippen LogP contribution in [0.15, 0.2) is 64.1 Å². The van der Waals surface area contributed by atoms with E-state index in [4.69, 9.17) is 16.3 Å². The van der Waals surface area contributed by atoms with E-state index in [1.165, 1.54) is 31.5 Å². The highest BCUT2D eigenvalue weighted by Crippen LogP contribution is 2.29. The van der Waals surface area contributed by atoms with Crippen LogP contribution in [0, 0.1) is 0 Å². The topological polar surface area (TPSA) is 100 Å². The number of rotatable bonds is 6. The Morgan fingerprint density at radius 3 is 2.39 bits per heavy atom. The van der Waals surface area contributed by atoms with Crippen LogP contribution in [0.1, 0.15) is 10.5 Å². The van der Waals surface area contributed by atoms with Crippen LogP contribution in [0.4, 0.5) is 11.4 Å². The van der Waals surface area contributed by atoms with Crippen molar-refractivity contribution in [1.82, 2.24) is 4.98 Å². The molecule has 1 heterocycles. The second-order valence-electron chi connectivity index (χ2n) is 5.66. The Bertz CT molecular complexity index is 1110. The summed E-state index contributed by atoms with van der Waals surface area (Å²) in [6.07, 6.45) is 1.47. The normalized spacial score (nSPS) is 11.1. The second kappa shape index (κ2) is 8.26. The van der Waals surface area contributed by atoms with Crippen molar-refractivity contribution >= 4 is 54.8 Å². The number of aromatic nitrogens is 1. The van der Waals surface area contributed by atoms with Crippen LogP contribution in [0.3, 0.4) is 0 Å². The molecule has 1 aromatic heterocycles. The first-order valence-corrected chi connectivity index (χ1v) is 10.6. The number of nitrogens with one attached hydrogen (secondary N) is 3. The number of carbonyl (C=O) groups excluding carboxylic acids is 1. The van der Waals surface area contributed by atoms with E-state index < -0.39 is 15.9 Å². The number of benzene rings is 2. The molecule has 0 aliphatic carbocycles. The van der Waals surface area contributed by atoms with Gasteiger partial charge in [-0.2, -0.15) is 0 Å². The average molecular weight is 485 g/mol. The molecule has 0 saturated carbocycles. The van der Waals surface area contributed by atoms with Crippen LogP contribution in [0.5, 0.6) is 5.75 Å². The zero-order chi connectivity index (χ0) is 20.3. The molecule has 3 aromatic rings. The number of amides is 1. The number of sulfonamides is 1. The largest absolute Gasteiger partial charge is 0.495 e. The Kier molecular flexibility index (Phi) is 5.97. The lowest BCUT2D eigenvalue weighted by atomic mass is 10.3. The molecular formula is C18H15BrClN3O4S. The maximum atomic E-state index is 12.8. The van der Waals surface area contributed by atoms with E-state index in [2.05, 4.69) is 31.0 Å². The highest BCUT2D eigenvalue weighted by Gasteiger charge is 2.21. The highest BCUT2D eigenvalue weighted by molar-refractivity contribution is 9.10. The first kappa shape index (κ1) is 20.2. The minimum absolute atomic E-state index is 0.111. The van der Waals surface area contributed by atoms with Crippen molar-refractivity contribution < 1.29 is 17.9 Å². The Balaban J connectivity index is 1.89. The molecule has 3 N–H and O–H groups in total. The minimum Gasteiger partial charge on any atom is -0.495 e. The summed E-state index contributed by atoms with van der Waals surface area (Å²) < 4.78 is 34.2. The first-order valence-electron chi connectivity index (χ1n) is 7.90. The molecule has 0 radical (unpaired) electrons. The average Bonchev–Trinajstić information content (AvgIpc) is 3.10. The van der Waals surface area contributed by atoms with Gasteiger partial charge in [0.15, 0.2) is 0 Å². The third kappa shape index (κ3) is 4.67. The summed E-state index contributed by atoms with van der Waals surface area (Å²) in [6.45, 7) is 0. The van der Waals surface area contributed by atoms with Gasteiger partial charge in [-0.15, -0.1) is 0 Å². The summed E-state index contributed by atoms with van der Waals surface area (Å²) in [6, 6.07) is 12.5. The van der Waals surface area contributed by atoms with Gasteiger partial charge in [-0.3, -0.25) is 9.52 Å². The monoisotopic (exact) mass is 483 g/mol. The molecule has 0 aliphatic rings. The minimum atomic E-state index is -3.96. The molecule has 0 spiro atoms. The van der Waals surface area contributed by atoms with Crippen molar-refractivity contribution in [2.24, 2.45) is 0 Å². The van der Waals surface area contributed by atoms with Crippen molar-refractivity contribution in [2.75, 3.05) is 17.1 Å². The molecule has 0 aliphatic heterocycles. The third-order valence-electron chi connectivity index (χ3n) is 3.70. The number of hydrogen-bond acceptors (Lipinski definition) is 4. The van der Waals surface area contributed by atoms with E-state index in [1.54, 1.807) is 30.3 Å². The maximum Gasteiger partial charge on any atom is 0.272 e. The van der Waals surface area contributed by atoms with E-state index in [0.717, 1.165) is 4.47 Å². The van der Waals surface area contributed by atoms with Crippen molar-refractivity contribution in [3.8, 4) is 5.75 Å². The standard InChI is InChI=1S/C18H15BrClN3O4S/c1-27-16-7-6-14(22-18(24)15-8-12(20)10-21-15)9-17(16)28(25,26)23-13-4-2-11(19)3-5-13/h2-10,21,23H,1H3,(H,22,24). The number of ether oxygens (including phenoxy) is 1. The molecule has 0 atom stereocenters. The number of H-pyrrole nitrogens is 1. The Morgan fingerprint density at radius 2 is 1.79 bits per heavy atom. The summed E-state index contributed by atoms with van der Waals surface area (Å²) in [5, 5.41) is 3.01. The van der Waals surface area contributed by atoms with Crippen molar-refractivity contribution in [3.63, 3.8) is 0 Å². The third-order valence-corrected chi connectivity index (χ3v) is 5.85. The van der Waals surface area contributed by atoms with Gasteiger partial charge in [0.05, 0.1) is 12.1 Å². The SMILES string of the molecule is COc1ccc(NC(=O)c2cc(Cl)c[nH]2)cc1S(=O)(=O)Nc1ccc(Br)cc1. The molecule has 7 nitrogen and oxygen atoms in total. The lowest BCUT2D eigenvalue weighted by Gasteiger charge is -2.13. The van der Waals surface area contributed by atoms with Gasteiger partial charge in [0.25, 0.3) is 15.9 Å². The molecule has 28 heavy (non-hydrogen) atoms. The number of aromatic amines is 1. The van der Waals surface area contributed by atoms with Gasteiger partial charge in [-0.25, -0.2) is 8.42 Å². The summed E-state index contributed by atoms with van der Waals surface area (Å²) in [5.41, 5.74) is 0.923. The quantitative estimate of drug-likeness (QED) is 0.480. The lowest BCUT2D eigenvalue weighted by molar-refractivity contribution is 0.102. The molecular weight excluding hydrogens is 470 g/mol. The molecule has 0 bridgehead atoms. The summed E-state index contributed by atoms with van der Waals surface area (Å²) in [4.78, 5) is 14.9. The van der Waals surface area contributed by atoms with E-state index in [-0.39, 0.29) is 22.0 Å². The van der Waals surface area contributed by atoms with Gasteiger partial charge in [0.1, 0.15) is 16.3 Å². The Labute approximate surface area is 175 Å². The van der Waals surface area contributed by atoms with Gasteiger partial charge < -0.3 is 15.0 Å². The number of methoxy groups -OCH3 is 1. The molecule has 1 amide bonds. The van der Waals surface area contributed by atoms with E-state index in [0.29, 0.717) is 10.7 Å². The van der Waals surface area contributed by atoms with Crippen LogP contribution in [0.2, 0.25) is 5.02 Å². The number of halogens is 2. The zero-order valence-corrected chi connectivity index (χ0v) is 17.7. The predicted octanol–water partition coefficient (Wildman–Crippen LogP) is 4.49. The fourth-order valence-electron chi connectivity index (χ4n) is 2.39.